The summed E-state index contributed by atoms with van der Waals surface area (Å²) in [6.07, 6.45) is 3.74. The van der Waals surface area contributed by atoms with Gasteiger partial charge in [0.15, 0.2) is 15.8 Å². The molecule has 3 heterocycles. The number of hydrogen-bond acceptors (Lipinski definition) is 7. The van der Waals surface area contributed by atoms with Gasteiger partial charge >= 0.3 is 0 Å². The summed E-state index contributed by atoms with van der Waals surface area (Å²) in [5.41, 5.74) is 4.12. The molecule has 39 heavy (non-hydrogen) atoms. The highest BCUT2D eigenvalue weighted by Gasteiger charge is 2.33. The molecule has 0 spiro atoms. The number of rotatable bonds is 6. The van der Waals surface area contributed by atoms with Crippen molar-refractivity contribution in [1.82, 2.24) is 4.57 Å². The van der Waals surface area contributed by atoms with Crippen LogP contribution in [0.2, 0.25) is 0 Å². The van der Waals surface area contributed by atoms with E-state index in [-0.39, 0.29) is 25.2 Å². The molecule has 0 unspecified atom stereocenters. The SMILES string of the molecule is CN(C)c1ccc(N2C(=O)/C(=C/c3cn(CC(=O)Nc4ccc5c(c4)OCO5)c4ccccc34)SC2=S)cc1. The number of thiocarbonyl (C=S) groups is 1. The minimum absolute atomic E-state index is 0.0992. The summed E-state index contributed by atoms with van der Waals surface area (Å²) < 4.78 is 13.1. The number of nitrogens with one attached hydrogen (secondary N) is 1. The van der Waals surface area contributed by atoms with Crippen molar-refractivity contribution in [3.63, 3.8) is 0 Å². The van der Waals surface area contributed by atoms with Crippen molar-refractivity contribution in [2.75, 3.05) is 36.0 Å². The van der Waals surface area contributed by atoms with Gasteiger partial charge in [-0.15, -0.1) is 0 Å². The zero-order valence-corrected chi connectivity index (χ0v) is 22.8. The van der Waals surface area contributed by atoms with Crippen LogP contribution in [0.5, 0.6) is 11.5 Å². The highest BCUT2D eigenvalue weighted by Crippen LogP contribution is 2.38. The first-order valence-electron chi connectivity index (χ1n) is 12.2. The Kier molecular flexibility index (Phi) is 6.49. The number of anilines is 3. The first kappa shape index (κ1) is 25.0. The second kappa shape index (κ2) is 10.1. The van der Waals surface area contributed by atoms with Crippen molar-refractivity contribution in [2.45, 2.75) is 6.54 Å². The third kappa shape index (κ3) is 4.84. The number of fused-ring (bicyclic) bond motifs is 2. The van der Waals surface area contributed by atoms with Gasteiger partial charge in [0.1, 0.15) is 6.54 Å². The van der Waals surface area contributed by atoms with E-state index in [1.54, 1.807) is 23.1 Å². The maximum atomic E-state index is 13.4. The Morgan fingerprint density at radius 3 is 2.64 bits per heavy atom. The minimum atomic E-state index is -0.186. The van der Waals surface area contributed by atoms with Crippen molar-refractivity contribution in [3.8, 4) is 11.5 Å². The summed E-state index contributed by atoms with van der Waals surface area (Å²) in [4.78, 5) is 30.4. The van der Waals surface area contributed by atoms with Crippen LogP contribution in [0.4, 0.5) is 17.1 Å². The number of carbonyl (C=O) groups excluding carboxylic acids is 2. The Balaban J connectivity index is 1.25. The Labute approximate surface area is 234 Å². The fraction of sp³-hybridized carbons (Fsp3) is 0.138. The van der Waals surface area contributed by atoms with E-state index < -0.39 is 0 Å². The monoisotopic (exact) mass is 556 g/mol. The first-order valence-corrected chi connectivity index (χ1v) is 13.4. The summed E-state index contributed by atoms with van der Waals surface area (Å²) in [6, 6.07) is 20.8. The molecule has 0 aliphatic carbocycles. The zero-order valence-electron chi connectivity index (χ0n) is 21.2. The molecule has 1 aromatic heterocycles. The van der Waals surface area contributed by atoms with Crippen LogP contribution in [-0.4, -0.2) is 41.6 Å². The molecule has 1 N–H and O–H groups in total. The highest BCUT2D eigenvalue weighted by molar-refractivity contribution is 8.27. The van der Waals surface area contributed by atoms with Crippen LogP contribution in [0.25, 0.3) is 17.0 Å². The molecule has 196 valence electrons. The van der Waals surface area contributed by atoms with Gasteiger partial charge in [-0.05, 0) is 48.5 Å². The van der Waals surface area contributed by atoms with Gasteiger partial charge in [0, 0.05) is 54.2 Å². The molecular formula is C29H24N4O4S2. The van der Waals surface area contributed by atoms with Gasteiger partial charge in [-0.25, -0.2) is 0 Å². The number of aromatic nitrogens is 1. The van der Waals surface area contributed by atoms with Crippen molar-refractivity contribution >= 4 is 74.2 Å². The molecule has 1 saturated heterocycles. The third-order valence-corrected chi connectivity index (χ3v) is 7.80. The van der Waals surface area contributed by atoms with E-state index in [4.69, 9.17) is 21.7 Å². The lowest BCUT2D eigenvalue weighted by Crippen LogP contribution is -2.27. The second-order valence-corrected chi connectivity index (χ2v) is 10.9. The molecule has 10 heteroatoms. The van der Waals surface area contributed by atoms with Crippen molar-refractivity contribution < 1.29 is 19.1 Å². The van der Waals surface area contributed by atoms with Crippen LogP contribution in [-0.2, 0) is 16.1 Å². The second-order valence-electron chi connectivity index (χ2n) is 9.27. The fourth-order valence-electron chi connectivity index (χ4n) is 4.58. The van der Waals surface area contributed by atoms with Crippen LogP contribution in [0.3, 0.4) is 0 Å². The van der Waals surface area contributed by atoms with Crippen molar-refractivity contribution in [1.29, 1.82) is 0 Å². The Hall–Kier alpha value is -4.28. The molecule has 1 fully saturated rings. The molecule has 2 aliphatic heterocycles. The summed E-state index contributed by atoms with van der Waals surface area (Å²) in [7, 11) is 3.93. The Bertz CT molecular complexity index is 1660. The van der Waals surface area contributed by atoms with Crippen LogP contribution in [0.15, 0.2) is 77.8 Å². The molecule has 3 aromatic carbocycles. The van der Waals surface area contributed by atoms with Crippen LogP contribution >= 0.6 is 24.0 Å². The summed E-state index contributed by atoms with van der Waals surface area (Å²) >= 11 is 6.84. The largest absolute Gasteiger partial charge is 0.454 e. The molecular weight excluding hydrogens is 532 g/mol. The molecule has 2 aliphatic rings. The van der Waals surface area contributed by atoms with E-state index >= 15 is 0 Å². The average molecular weight is 557 g/mol. The number of hydrogen-bond donors (Lipinski definition) is 1. The molecule has 0 saturated carbocycles. The van der Waals surface area contributed by atoms with E-state index in [9.17, 15) is 9.59 Å². The highest BCUT2D eigenvalue weighted by atomic mass is 32.2. The van der Waals surface area contributed by atoms with E-state index in [2.05, 4.69) is 5.32 Å². The summed E-state index contributed by atoms with van der Waals surface area (Å²) in [5, 5.41) is 3.86. The predicted molar refractivity (Wildman–Crippen MR) is 160 cm³/mol. The van der Waals surface area contributed by atoms with E-state index in [1.165, 1.54) is 11.8 Å². The topological polar surface area (TPSA) is 76.0 Å². The summed E-state index contributed by atoms with van der Waals surface area (Å²) in [5.74, 6) is 0.908. The number of thioether (sulfide) groups is 1. The smallest absolute Gasteiger partial charge is 0.270 e. The van der Waals surface area contributed by atoms with Crippen molar-refractivity contribution in [3.05, 3.63) is 83.4 Å². The maximum Gasteiger partial charge on any atom is 0.270 e. The molecule has 0 bridgehead atoms. The lowest BCUT2D eigenvalue weighted by atomic mass is 10.1. The Morgan fingerprint density at radius 2 is 1.85 bits per heavy atom. The number of benzene rings is 3. The number of carbonyl (C=O) groups is 2. The number of amides is 2. The van der Waals surface area contributed by atoms with Gasteiger partial charge in [-0.3, -0.25) is 14.5 Å². The summed E-state index contributed by atoms with van der Waals surface area (Å²) in [6.45, 7) is 0.272. The average Bonchev–Trinajstić information content (AvgIpc) is 3.60. The molecule has 0 atom stereocenters. The number of para-hydroxylation sites is 1. The van der Waals surface area contributed by atoms with E-state index in [0.29, 0.717) is 26.4 Å². The van der Waals surface area contributed by atoms with Gasteiger partial charge in [0.25, 0.3) is 5.91 Å². The quantitative estimate of drug-likeness (QED) is 0.249. The van der Waals surface area contributed by atoms with Gasteiger partial charge in [0.05, 0.1) is 10.6 Å². The van der Waals surface area contributed by atoms with Crippen LogP contribution in [0, 0.1) is 0 Å². The maximum absolute atomic E-state index is 13.4. The van der Waals surface area contributed by atoms with Crippen LogP contribution in [0.1, 0.15) is 5.56 Å². The lowest BCUT2D eigenvalue weighted by molar-refractivity contribution is -0.116. The van der Waals surface area contributed by atoms with Crippen LogP contribution < -0.4 is 24.6 Å². The van der Waals surface area contributed by atoms with E-state index in [1.807, 2.05) is 84.4 Å². The number of nitrogens with zero attached hydrogens (tertiary/aromatic N) is 3. The first-order chi connectivity index (χ1) is 18.9. The van der Waals surface area contributed by atoms with Gasteiger partial charge in [-0.2, -0.15) is 0 Å². The normalized spacial score (nSPS) is 15.4. The molecule has 6 rings (SSSR count). The zero-order chi connectivity index (χ0) is 27.1. The fourth-order valence-corrected chi connectivity index (χ4v) is 5.87. The lowest BCUT2D eigenvalue weighted by Gasteiger charge is -2.17. The number of ether oxygens (including phenoxy) is 2. The molecule has 8 nitrogen and oxygen atoms in total. The van der Waals surface area contributed by atoms with Gasteiger partial charge in [0.2, 0.25) is 12.7 Å². The predicted octanol–water partition coefficient (Wildman–Crippen LogP) is 5.48. The molecule has 4 aromatic rings. The molecule has 2 amide bonds. The van der Waals surface area contributed by atoms with Crippen molar-refractivity contribution in [2.24, 2.45) is 0 Å². The van der Waals surface area contributed by atoms with Gasteiger partial charge in [-0.1, -0.05) is 42.2 Å². The minimum Gasteiger partial charge on any atom is -0.454 e. The molecule has 0 radical (unpaired) electrons. The third-order valence-electron chi connectivity index (χ3n) is 6.49. The van der Waals surface area contributed by atoms with Gasteiger partial charge < -0.3 is 24.3 Å². The Morgan fingerprint density at radius 1 is 1.08 bits per heavy atom. The van der Waals surface area contributed by atoms with E-state index in [0.717, 1.165) is 27.8 Å². The standard InChI is InChI=1S/C29H24N4O4S2/c1-31(2)20-8-10-21(11-9-20)33-28(35)26(39-29(33)38)13-18-15-32(23-6-4-3-5-22(18)23)16-27(34)30-19-7-12-24-25(14-19)37-17-36-24/h3-15H,16-17H2,1-2H3,(H,30,34)/b26-13-.